The van der Waals surface area contributed by atoms with Crippen molar-refractivity contribution < 1.29 is 0 Å². The first-order valence-corrected chi connectivity index (χ1v) is 4.27. The van der Waals surface area contributed by atoms with Crippen LogP contribution in [0.3, 0.4) is 0 Å². The van der Waals surface area contributed by atoms with E-state index in [2.05, 4.69) is 28.1 Å². The van der Waals surface area contributed by atoms with Crippen molar-refractivity contribution in [2.75, 3.05) is 5.43 Å². The van der Waals surface area contributed by atoms with Crippen LogP contribution in [0.15, 0.2) is 10.9 Å². The largest absolute Gasteiger partial charge is 0.375 e. The van der Waals surface area contributed by atoms with Crippen LogP contribution in [0.4, 0.5) is 5.95 Å². The summed E-state index contributed by atoms with van der Waals surface area (Å²) in [4.78, 5) is 15.4. The Labute approximate surface area is 86.1 Å². The molecule has 0 radical (unpaired) electrons. The zero-order chi connectivity index (χ0) is 10.7. The van der Waals surface area contributed by atoms with Gasteiger partial charge in [0.05, 0.1) is 0 Å². The third-order valence-electron chi connectivity index (χ3n) is 1.56. The molecule has 0 saturated heterocycles. The summed E-state index contributed by atoms with van der Waals surface area (Å²) in [5.41, 5.74) is 10.8. The SMILES string of the molecule is Cc1cc(=O)n(C)c(NNC(N)=S)n1. The highest BCUT2D eigenvalue weighted by Crippen LogP contribution is 1.96. The van der Waals surface area contributed by atoms with Gasteiger partial charge in [0.25, 0.3) is 5.56 Å². The Kier molecular flexibility index (Phi) is 3.03. The molecule has 0 fully saturated rings. The van der Waals surface area contributed by atoms with Crippen molar-refractivity contribution in [2.24, 2.45) is 12.8 Å². The molecule has 0 aliphatic heterocycles. The Morgan fingerprint density at radius 3 is 2.93 bits per heavy atom. The van der Waals surface area contributed by atoms with Crippen molar-refractivity contribution in [1.82, 2.24) is 15.0 Å². The summed E-state index contributed by atoms with van der Waals surface area (Å²) >= 11 is 4.59. The molecule has 0 atom stereocenters. The lowest BCUT2D eigenvalue weighted by atomic mass is 10.4. The van der Waals surface area contributed by atoms with Crippen LogP contribution >= 0.6 is 12.2 Å². The molecule has 0 bridgehead atoms. The van der Waals surface area contributed by atoms with E-state index in [1.165, 1.54) is 10.6 Å². The number of hydrogen-bond acceptors (Lipinski definition) is 4. The van der Waals surface area contributed by atoms with Gasteiger partial charge >= 0.3 is 0 Å². The zero-order valence-electron chi connectivity index (χ0n) is 7.87. The van der Waals surface area contributed by atoms with Gasteiger partial charge in [0, 0.05) is 18.8 Å². The van der Waals surface area contributed by atoms with E-state index in [1.54, 1.807) is 14.0 Å². The molecule has 76 valence electrons. The van der Waals surface area contributed by atoms with E-state index in [0.717, 1.165) is 0 Å². The van der Waals surface area contributed by atoms with Crippen molar-refractivity contribution >= 4 is 23.3 Å². The fraction of sp³-hybridized carbons (Fsp3) is 0.286. The number of nitrogens with two attached hydrogens (primary N) is 1. The fourth-order valence-corrected chi connectivity index (χ4v) is 0.935. The van der Waals surface area contributed by atoms with Crippen molar-refractivity contribution in [1.29, 1.82) is 0 Å². The van der Waals surface area contributed by atoms with E-state index >= 15 is 0 Å². The van der Waals surface area contributed by atoms with Crippen LogP contribution in [0.1, 0.15) is 5.69 Å². The number of aromatic nitrogens is 2. The standard InChI is InChI=1S/C7H11N5OS/c1-4-3-5(13)12(2)7(9-4)11-10-6(8)14/h3H,1-2H3,(H,9,11)(H3,8,10,14). The molecule has 0 unspecified atom stereocenters. The molecule has 14 heavy (non-hydrogen) atoms. The first-order valence-electron chi connectivity index (χ1n) is 3.87. The highest BCUT2D eigenvalue weighted by atomic mass is 32.1. The number of thiocarbonyl (C=S) groups is 1. The molecule has 7 heteroatoms. The highest BCUT2D eigenvalue weighted by Gasteiger charge is 2.01. The molecule has 1 aromatic heterocycles. The highest BCUT2D eigenvalue weighted by molar-refractivity contribution is 7.80. The summed E-state index contributed by atoms with van der Waals surface area (Å²) in [6, 6.07) is 1.44. The summed E-state index contributed by atoms with van der Waals surface area (Å²) < 4.78 is 1.35. The van der Waals surface area contributed by atoms with E-state index in [9.17, 15) is 4.79 Å². The predicted molar refractivity (Wildman–Crippen MR) is 57.8 cm³/mol. The lowest BCUT2D eigenvalue weighted by molar-refractivity contribution is 0.807. The molecule has 0 aromatic carbocycles. The molecule has 4 N–H and O–H groups in total. The van der Waals surface area contributed by atoms with Crippen LogP contribution in [0.2, 0.25) is 0 Å². The van der Waals surface area contributed by atoms with E-state index in [0.29, 0.717) is 11.6 Å². The Morgan fingerprint density at radius 1 is 1.71 bits per heavy atom. The number of rotatable bonds is 2. The average Bonchev–Trinajstić information content (AvgIpc) is 2.08. The second-order valence-electron chi connectivity index (χ2n) is 2.73. The monoisotopic (exact) mass is 213 g/mol. The van der Waals surface area contributed by atoms with E-state index < -0.39 is 0 Å². The first-order chi connectivity index (χ1) is 6.50. The average molecular weight is 213 g/mol. The molecular formula is C7H11N5OS. The van der Waals surface area contributed by atoms with Crippen LogP contribution in [0, 0.1) is 6.92 Å². The van der Waals surface area contributed by atoms with Crippen LogP contribution in [0.25, 0.3) is 0 Å². The molecule has 0 aliphatic rings. The normalized spacial score (nSPS) is 9.57. The van der Waals surface area contributed by atoms with Gasteiger partial charge in [0.15, 0.2) is 5.11 Å². The van der Waals surface area contributed by atoms with Crippen molar-refractivity contribution in [2.45, 2.75) is 6.92 Å². The van der Waals surface area contributed by atoms with Crippen LogP contribution < -0.4 is 22.1 Å². The van der Waals surface area contributed by atoms with Gasteiger partial charge < -0.3 is 5.73 Å². The maximum atomic E-state index is 11.3. The van der Waals surface area contributed by atoms with Gasteiger partial charge in [0.1, 0.15) is 0 Å². The minimum absolute atomic E-state index is 0.0840. The van der Waals surface area contributed by atoms with E-state index in [4.69, 9.17) is 5.73 Å². The zero-order valence-corrected chi connectivity index (χ0v) is 8.68. The minimum Gasteiger partial charge on any atom is -0.375 e. The van der Waals surface area contributed by atoms with Gasteiger partial charge in [-0.2, -0.15) is 0 Å². The predicted octanol–water partition coefficient (Wildman–Crippen LogP) is -0.751. The van der Waals surface area contributed by atoms with Crippen LogP contribution in [-0.2, 0) is 7.05 Å². The van der Waals surface area contributed by atoms with Crippen molar-refractivity contribution in [3.05, 3.63) is 22.1 Å². The van der Waals surface area contributed by atoms with Gasteiger partial charge in [-0.3, -0.25) is 20.2 Å². The van der Waals surface area contributed by atoms with Gasteiger partial charge in [-0.15, -0.1) is 0 Å². The Bertz CT molecular complexity index is 413. The van der Waals surface area contributed by atoms with Gasteiger partial charge in [-0.05, 0) is 19.1 Å². The van der Waals surface area contributed by atoms with Gasteiger partial charge in [-0.1, -0.05) is 0 Å². The second-order valence-corrected chi connectivity index (χ2v) is 3.17. The van der Waals surface area contributed by atoms with Crippen molar-refractivity contribution in [3.8, 4) is 0 Å². The summed E-state index contributed by atoms with van der Waals surface area (Å²) in [7, 11) is 1.60. The third-order valence-corrected chi connectivity index (χ3v) is 1.66. The van der Waals surface area contributed by atoms with Gasteiger partial charge in [0.2, 0.25) is 5.95 Å². The molecule has 0 spiro atoms. The number of aryl methyl sites for hydroxylation is 1. The second kappa shape index (κ2) is 4.05. The number of hydrogen-bond donors (Lipinski definition) is 3. The smallest absolute Gasteiger partial charge is 0.254 e. The van der Waals surface area contributed by atoms with Gasteiger partial charge in [-0.25, -0.2) is 4.98 Å². The summed E-state index contributed by atoms with van der Waals surface area (Å²) in [5, 5.41) is 0.0840. The molecular weight excluding hydrogens is 202 g/mol. The van der Waals surface area contributed by atoms with Crippen LogP contribution in [0.5, 0.6) is 0 Å². The molecule has 1 rings (SSSR count). The molecule has 0 amide bonds. The van der Waals surface area contributed by atoms with Crippen molar-refractivity contribution in [3.63, 3.8) is 0 Å². The van der Waals surface area contributed by atoms with Crippen LogP contribution in [-0.4, -0.2) is 14.7 Å². The summed E-state index contributed by atoms with van der Waals surface area (Å²) in [6.07, 6.45) is 0. The molecule has 0 aliphatic carbocycles. The molecule has 6 nitrogen and oxygen atoms in total. The Balaban J connectivity index is 2.96. The number of nitrogens with zero attached hydrogens (tertiary/aromatic N) is 2. The number of anilines is 1. The quantitative estimate of drug-likeness (QED) is 0.443. The first kappa shape index (κ1) is 10.5. The molecule has 1 heterocycles. The Morgan fingerprint density at radius 2 is 2.36 bits per heavy atom. The fourth-order valence-electron chi connectivity index (χ4n) is 0.884. The van der Waals surface area contributed by atoms with E-state index in [-0.39, 0.29) is 10.7 Å². The van der Waals surface area contributed by atoms with E-state index in [1.807, 2.05) is 0 Å². The maximum absolute atomic E-state index is 11.3. The summed E-state index contributed by atoms with van der Waals surface area (Å²) in [5.74, 6) is 0.364. The Hall–Kier alpha value is -1.63. The lowest BCUT2D eigenvalue weighted by Crippen LogP contribution is -2.36. The minimum atomic E-state index is -0.148. The number of hydrazine groups is 1. The molecule has 0 saturated carbocycles. The lowest BCUT2D eigenvalue weighted by Gasteiger charge is -2.10. The topological polar surface area (TPSA) is 85.0 Å². The maximum Gasteiger partial charge on any atom is 0.254 e. The summed E-state index contributed by atoms with van der Waals surface area (Å²) in [6.45, 7) is 1.73. The third kappa shape index (κ3) is 2.43. The molecule has 1 aromatic rings. The number of nitrogens with one attached hydrogen (secondary N) is 2.